The van der Waals surface area contributed by atoms with Gasteiger partial charge in [-0.1, -0.05) is 30.3 Å². The van der Waals surface area contributed by atoms with Crippen LogP contribution in [-0.4, -0.2) is 29.6 Å². The van der Waals surface area contributed by atoms with E-state index in [1.54, 1.807) is 0 Å². The lowest BCUT2D eigenvalue weighted by Crippen LogP contribution is -2.48. The second kappa shape index (κ2) is 6.05. The van der Waals surface area contributed by atoms with Crippen LogP contribution in [0.2, 0.25) is 0 Å². The first kappa shape index (κ1) is 14.4. The molecule has 2 aromatic rings. The monoisotopic (exact) mass is 299 g/mol. The van der Waals surface area contributed by atoms with E-state index in [1.807, 2.05) is 42.5 Å². The molecule has 0 heterocycles. The Hall–Kier alpha value is -2.56. The Bertz CT molecular complexity index is 707. The molecule has 0 aliphatic heterocycles. The summed E-state index contributed by atoms with van der Waals surface area (Å²) < 4.78 is 5.49. The third-order valence-corrected chi connectivity index (χ3v) is 3.94. The highest BCUT2D eigenvalue weighted by molar-refractivity contribution is 5.84. The predicted molar refractivity (Wildman–Crippen MR) is 81.7 cm³/mol. The van der Waals surface area contributed by atoms with Gasteiger partial charge in [-0.05, 0) is 35.7 Å². The fourth-order valence-corrected chi connectivity index (χ4v) is 2.61. The van der Waals surface area contributed by atoms with Crippen molar-refractivity contribution in [3.63, 3.8) is 0 Å². The van der Waals surface area contributed by atoms with Crippen LogP contribution < -0.4 is 10.1 Å². The van der Waals surface area contributed by atoms with E-state index >= 15 is 0 Å². The summed E-state index contributed by atoms with van der Waals surface area (Å²) in [6, 6.07) is 13.6. The third kappa shape index (κ3) is 3.19. The van der Waals surface area contributed by atoms with E-state index in [9.17, 15) is 9.59 Å². The first-order chi connectivity index (χ1) is 10.6. The number of hydrogen-bond donors (Lipinski definition) is 2. The van der Waals surface area contributed by atoms with Crippen LogP contribution in [0.1, 0.15) is 12.8 Å². The molecule has 1 aliphatic carbocycles. The number of aliphatic carboxylic acids is 1. The normalized spacial score (nSPS) is 20.2. The van der Waals surface area contributed by atoms with Crippen molar-refractivity contribution in [3.8, 4) is 5.75 Å². The molecule has 0 radical (unpaired) electrons. The minimum atomic E-state index is -0.794. The number of hydrogen-bond acceptors (Lipinski definition) is 3. The molecule has 1 fully saturated rings. The van der Waals surface area contributed by atoms with Crippen LogP contribution in [0, 0.1) is 5.92 Å². The van der Waals surface area contributed by atoms with E-state index in [1.165, 1.54) is 0 Å². The third-order valence-electron chi connectivity index (χ3n) is 3.94. The smallest absolute Gasteiger partial charge is 0.306 e. The van der Waals surface area contributed by atoms with Gasteiger partial charge < -0.3 is 15.2 Å². The lowest BCUT2D eigenvalue weighted by Gasteiger charge is -2.32. The Kier molecular flexibility index (Phi) is 3.96. The first-order valence-electron chi connectivity index (χ1n) is 7.25. The maximum atomic E-state index is 11.8. The summed E-state index contributed by atoms with van der Waals surface area (Å²) in [5.74, 6) is -0.697. The van der Waals surface area contributed by atoms with E-state index in [0.717, 1.165) is 10.8 Å². The average molecular weight is 299 g/mol. The molecule has 0 saturated heterocycles. The number of ether oxygens (including phenoxy) is 1. The standard InChI is InChI=1S/C17H17NO4/c19-16(18-14-7-13(8-14)17(20)21)10-22-15-6-5-11-3-1-2-4-12(11)9-15/h1-6,9,13-14H,7-8,10H2,(H,18,19)(H,20,21). The number of carbonyl (C=O) groups is 2. The van der Waals surface area contributed by atoms with Crippen molar-refractivity contribution in [1.82, 2.24) is 5.32 Å². The van der Waals surface area contributed by atoms with Crippen LogP contribution in [0.15, 0.2) is 42.5 Å². The molecule has 22 heavy (non-hydrogen) atoms. The van der Waals surface area contributed by atoms with Crippen molar-refractivity contribution in [2.24, 2.45) is 5.92 Å². The van der Waals surface area contributed by atoms with Gasteiger partial charge >= 0.3 is 5.97 Å². The Morgan fingerprint density at radius 3 is 2.59 bits per heavy atom. The minimum Gasteiger partial charge on any atom is -0.484 e. The molecule has 114 valence electrons. The molecule has 2 aromatic carbocycles. The number of rotatable bonds is 5. The second-order valence-electron chi connectivity index (χ2n) is 5.57. The Balaban J connectivity index is 1.49. The molecule has 0 spiro atoms. The molecule has 0 atom stereocenters. The van der Waals surface area contributed by atoms with Gasteiger partial charge in [-0.3, -0.25) is 9.59 Å². The van der Waals surface area contributed by atoms with E-state index in [-0.39, 0.29) is 24.5 Å². The lowest BCUT2D eigenvalue weighted by molar-refractivity contribution is -0.146. The van der Waals surface area contributed by atoms with Crippen LogP contribution in [0.25, 0.3) is 10.8 Å². The SMILES string of the molecule is O=C(COc1ccc2ccccc2c1)NC1CC(C(=O)O)C1. The van der Waals surface area contributed by atoms with Crippen molar-refractivity contribution in [2.45, 2.75) is 18.9 Å². The zero-order chi connectivity index (χ0) is 15.5. The molecule has 5 heteroatoms. The van der Waals surface area contributed by atoms with Gasteiger partial charge in [-0.2, -0.15) is 0 Å². The minimum absolute atomic E-state index is 0.0474. The summed E-state index contributed by atoms with van der Waals surface area (Å²) in [7, 11) is 0. The number of carbonyl (C=O) groups excluding carboxylic acids is 1. The quantitative estimate of drug-likeness (QED) is 0.887. The van der Waals surface area contributed by atoms with Gasteiger partial charge in [0.25, 0.3) is 5.91 Å². The van der Waals surface area contributed by atoms with Gasteiger partial charge in [-0.25, -0.2) is 0 Å². The largest absolute Gasteiger partial charge is 0.484 e. The zero-order valence-corrected chi connectivity index (χ0v) is 12.0. The van der Waals surface area contributed by atoms with Gasteiger partial charge in [0.15, 0.2) is 6.61 Å². The van der Waals surface area contributed by atoms with Gasteiger partial charge in [0, 0.05) is 6.04 Å². The van der Waals surface area contributed by atoms with Crippen LogP contribution >= 0.6 is 0 Å². The van der Waals surface area contributed by atoms with Crippen LogP contribution in [0.4, 0.5) is 0 Å². The molecule has 1 amide bonds. The van der Waals surface area contributed by atoms with Crippen molar-refractivity contribution >= 4 is 22.6 Å². The van der Waals surface area contributed by atoms with E-state index < -0.39 is 5.97 Å². The van der Waals surface area contributed by atoms with Crippen LogP contribution in [-0.2, 0) is 9.59 Å². The van der Waals surface area contributed by atoms with Crippen molar-refractivity contribution < 1.29 is 19.4 Å². The first-order valence-corrected chi connectivity index (χ1v) is 7.25. The van der Waals surface area contributed by atoms with Gasteiger partial charge in [0.05, 0.1) is 5.92 Å². The Morgan fingerprint density at radius 1 is 1.14 bits per heavy atom. The summed E-state index contributed by atoms with van der Waals surface area (Å²) in [6.45, 7) is -0.0629. The molecule has 5 nitrogen and oxygen atoms in total. The molecule has 0 bridgehead atoms. The summed E-state index contributed by atoms with van der Waals surface area (Å²) in [5, 5.41) is 13.7. The zero-order valence-electron chi connectivity index (χ0n) is 12.0. The fraction of sp³-hybridized carbons (Fsp3) is 0.294. The molecule has 0 aromatic heterocycles. The molecule has 1 saturated carbocycles. The number of benzene rings is 2. The van der Waals surface area contributed by atoms with Crippen LogP contribution in [0.5, 0.6) is 5.75 Å². The number of amides is 1. The highest BCUT2D eigenvalue weighted by Gasteiger charge is 2.35. The highest BCUT2D eigenvalue weighted by Crippen LogP contribution is 2.27. The number of fused-ring (bicyclic) bond motifs is 1. The average Bonchev–Trinajstić information content (AvgIpc) is 2.47. The maximum absolute atomic E-state index is 11.8. The van der Waals surface area contributed by atoms with Crippen molar-refractivity contribution in [2.75, 3.05) is 6.61 Å². The van der Waals surface area contributed by atoms with E-state index in [0.29, 0.717) is 18.6 Å². The van der Waals surface area contributed by atoms with Crippen molar-refractivity contribution in [3.05, 3.63) is 42.5 Å². The molecule has 2 N–H and O–H groups in total. The summed E-state index contributed by atoms with van der Waals surface area (Å²) in [4.78, 5) is 22.5. The molecular formula is C17H17NO4. The predicted octanol–water partition coefficient (Wildman–Crippen LogP) is 2.20. The molecule has 3 rings (SSSR count). The van der Waals surface area contributed by atoms with E-state index in [4.69, 9.17) is 9.84 Å². The van der Waals surface area contributed by atoms with Crippen LogP contribution in [0.3, 0.4) is 0 Å². The summed E-state index contributed by atoms with van der Waals surface area (Å²) in [6.07, 6.45) is 0.994. The summed E-state index contributed by atoms with van der Waals surface area (Å²) >= 11 is 0. The molecule has 1 aliphatic rings. The molecule has 0 unspecified atom stereocenters. The number of carboxylic acids is 1. The Morgan fingerprint density at radius 2 is 1.86 bits per heavy atom. The lowest BCUT2D eigenvalue weighted by atomic mass is 9.80. The highest BCUT2D eigenvalue weighted by atomic mass is 16.5. The van der Waals surface area contributed by atoms with E-state index in [2.05, 4.69) is 5.32 Å². The van der Waals surface area contributed by atoms with Gasteiger partial charge in [0.1, 0.15) is 5.75 Å². The van der Waals surface area contributed by atoms with Gasteiger partial charge in [-0.15, -0.1) is 0 Å². The molecular weight excluding hydrogens is 282 g/mol. The van der Waals surface area contributed by atoms with Crippen molar-refractivity contribution in [1.29, 1.82) is 0 Å². The Labute approximate surface area is 127 Å². The fourth-order valence-electron chi connectivity index (χ4n) is 2.61. The maximum Gasteiger partial charge on any atom is 0.306 e. The topological polar surface area (TPSA) is 75.6 Å². The second-order valence-corrected chi connectivity index (χ2v) is 5.57. The number of carboxylic acid groups (broad SMARTS) is 1. The van der Waals surface area contributed by atoms with Gasteiger partial charge in [0.2, 0.25) is 0 Å². The number of nitrogens with one attached hydrogen (secondary N) is 1. The summed E-state index contributed by atoms with van der Waals surface area (Å²) in [5.41, 5.74) is 0.